The first kappa shape index (κ1) is 23.2. The van der Waals surface area contributed by atoms with Crippen molar-refractivity contribution in [2.45, 2.75) is 77.5 Å². The second kappa shape index (κ2) is 10.7. The molecule has 3 unspecified atom stereocenters. The predicted molar refractivity (Wildman–Crippen MR) is 126 cm³/mol. The van der Waals surface area contributed by atoms with Crippen LogP contribution < -0.4 is 16.0 Å². The number of aliphatic hydroxyl groups excluding tert-OH is 1. The molecular weight excluding hydrogens is 390 g/mol. The van der Waals surface area contributed by atoms with Crippen molar-refractivity contribution < 1.29 is 9.90 Å². The van der Waals surface area contributed by atoms with Crippen molar-refractivity contribution >= 4 is 28.5 Å². The van der Waals surface area contributed by atoms with E-state index >= 15 is 0 Å². The molecule has 1 amide bonds. The lowest BCUT2D eigenvalue weighted by Crippen LogP contribution is -2.47. The monoisotopic (exact) mass is 425 g/mol. The molecule has 1 aromatic heterocycles. The van der Waals surface area contributed by atoms with Gasteiger partial charge >= 0.3 is 0 Å². The van der Waals surface area contributed by atoms with Gasteiger partial charge in [0.25, 0.3) is 0 Å². The molecule has 1 heterocycles. The SMILES string of the molecule is CCC(CCNc1nc2ccc(C)cc2cc1C(=N)NC(C)=O)NC1CCCCC1O. The molecule has 2 aromatic rings. The van der Waals surface area contributed by atoms with E-state index in [1.54, 1.807) is 0 Å². The van der Waals surface area contributed by atoms with Gasteiger partial charge in [-0.05, 0) is 50.8 Å². The molecule has 1 saturated carbocycles. The molecule has 3 rings (SSSR count). The third-order valence-electron chi connectivity index (χ3n) is 6.00. The number of nitrogens with one attached hydrogen (secondary N) is 4. The smallest absolute Gasteiger partial charge is 0.222 e. The van der Waals surface area contributed by atoms with E-state index in [4.69, 9.17) is 10.4 Å². The molecule has 31 heavy (non-hydrogen) atoms. The predicted octanol–water partition coefficient (Wildman–Crippen LogP) is 3.48. The largest absolute Gasteiger partial charge is 0.392 e. The molecule has 0 aliphatic heterocycles. The van der Waals surface area contributed by atoms with Crippen LogP contribution in [0.2, 0.25) is 0 Å². The molecule has 0 radical (unpaired) electrons. The van der Waals surface area contributed by atoms with Gasteiger partial charge in [0, 0.05) is 30.9 Å². The normalized spacial score (nSPS) is 19.7. The van der Waals surface area contributed by atoms with Crippen molar-refractivity contribution in [1.82, 2.24) is 15.6 Å². The summed E-state index contributed by atoms with van der Waals surface area (Å²) in [5.41, 5.74) is 2.55. The minimum Gasteiger partial charge on any atom is -0.392 e. The molecule has 0 bridgehead atoms. The zero-order valence-corrected chi connectivity index (χ0v) is 18.8. The van der Waals surface area contributed by atoms with Crippen LogP contribution in [-0.2, 0) is 4.79 Å². The fourth-order valence-electron chi connectivity index (χ4n) is 4.24. The van der Waals surface area contributed by atoms with Gasteiger partial charge in [-0.3, -0.25) is 10.2 Å². The van der Waals surface area contributed by atoms with E-state index in [1.807, 2.05) is 31.2 Å². The summed E-state index contributed by atoms with van der Waals surface area (Å²) in [6, 6.07) is 8.40. The summed E-state index contributed by atoms with van der Waals surface area (Å²) < 4.78 is 0. The van der Waals surface area contributed by atoms with Crippen LogP contribution in [0.5, 0.6) is 0 Å². The van der Waals surface area contributed by atoms with Gasteiger partial charge in [-0.1, -0.05) is 31.4 Å². The molecule has 3 atom stereocenters. The number of aliphatic hydroxyl groups is 1. The molecule has 1 aromatic carbocycles. The molecule has 1 aliphatic carbocycles. The Bertz CT molecular complexity index is 930. The second-order valence-corrected chi connectivity index (χ2v) is 8.58. The Labute approximate surface area is 184 Å². The number of fused-ring (bicyclic) bond motifs is 1. The molecular formula is C24H35N5O2. The third-order valence-corrected chi connectivity index (χ3v) is 6.00. The lowest BCUT2D eigenvalue weighted by atomic mass is 9.91. The first-order valence-electron chi connectivity index (χ1n) is 11.3. The highest BCUT2D eigenvalue weighted by Gasteiger charge is 2.24. The number of hydrogen-bond acceptors (Lipinski definition) is 6. The van der Waals surface area contributed by atoms with Gasteiger partial charge in [-0.2, -0.15) is 0 Å². The van der Waals surface area contributed by atoms with Crippen LogP contribution in [0.15, 0.2) is 24.3 Å². The number of pyridine rings is 1. The van der Waals surface area contributed by atoms with Crippen molar-refractivity contribution in [1.29, 1.82) is 5.41 Å². The molecule has 1 fully saturated rings. The van der Waals surface area contributed by atoms with Crippen molar-refractivity contribution in [2.24, 2.45) is 0 Å². The fourth-order valence-corrected chi connectivity index (χ4v) is 4.24. The van der Waals surface area contributed by atoms with Crippen molar-refractivity contribution in [2.75, 3.05) is 11.9 Å². The Balaban J connectivity index is 1.72. The average molecular weight is 426 g/mol. The number of benzene rings is 1. The number of amides is 1. The van der Waals surface area contributed by atoms with Crippen LogP contribution in [0.25, 0.3) is 10.9 Å². The Morgan fingerprint density at radius 2 is 2.06 bits per heavy atom. The summed E-state index contributed by atoms with van der Waals surface area (Å²) in [7, 11) is 0. The molecule has 1 aliphatic rings. The van der Waals surface area contributed by atoms with Crippen molar-refractivity contribution in [3.63, 3.8) is 0 Å². The standard InChI is InChI=1S/C24H35N5O2/c1-4-18(28-21-7-5-6-8-22(21)31)11-12-26-24-19(23(25)27-16(3)30)14-17-13-15(2)9-10-20(17)29-24/h9-10,13-14,18,21-22,28,31H,4-8,11-12H2,1-3H3,(H,26,29)(H2,25,27,30). The molecule has 0 spiro atoms. The van der Waals surface area contributed by atoms with E-state index in [1.165, 1.54) is 13.3 Å². The van der Waals surface area contributed by atoms with Crippen LogP contribution in [0.3, 0.4) is 0 Å². The zero-order chi connectivity index (χ0) is 22.4. The van der Waals surface area contributed by atoms with E-state index in [2.05, 4.69) is 22.9 Å². The minimum atomic E-state index is -0.276. The maximum absolute atomic E-state index is 11.5. The fraction of sp³-hybridized carbons (Fsp3) is 0.542. The maximum Gasteiger partial charge on any atom is 0.222 e. The first-order chi connectivity index (χ1) is 14.9. The molecule has 5 N–H and O–H groups in total. The van der Waals surface area contributed by atoms with Gasteiger partial charge in [0.1, 0.15) is 11.7 Å². The number of rotatable bonds is 8. The summed E-state index contributed by atoms with van der Waals surface area (Å²) in [5, 5.41) is 29.1. The zero-order valence-electron chi connectivity index (χ0n) is 18.8. The molecule has 168 valence electrons. The van der Waals surface area contributed by atoms with Gasteiger partial charge in [-0.25, -0.2) is 4.98 Å². The summed E-state index contributed by atoms with van der Waals surface area (Å²) in [6.07, 6.45) is 5.76. The number of nitrogens with zero attached hydrogens (tertiary/aromatic N) is 1. The summed E-state index contributed by atoms with van der Waals surface area (Å²) in [6.45, 7) is 6.25. The van der Waals surface area contributed by atoms with E-state index in [0.717, 1.165) is 48.6 Å². The van der Waals surface area contributed by atoms with Crippen molar-refractivity contribution in [3.8, 4) is 0 Å². The van der Waals surface area contributed by atoms with Gasteiger partial charge < -0.3 is 21.1 Å². The molecule has 7 nitrogen and oxygen atoms in total. The highest BCUT2D eigenvalue weighted by Crippen LogP contribution is 2.23. The topological polar surface area (TPSA) is 110 Å². The van der Waals surface area contributed by atoms with Crippen LogP contribution in [0, 0.1) is 12.3 Å². The lowest BCUT2D eigenvalue weighted by molar-refractivity contribution is -0.117. The number of anilines is 1. The highest BCUT2D eigenvalue weighted by atomic mass is 16.3. The molecule has 7 heteroatoms. The quantitative estimate of drug-likeness (QED) is 0.329. The lowest BCUT2D eigenvalue weighted by Gasteiger charge is -2.32. The number of carbonyl (C=O) groups excluding carboxylic acids is 1. The van der Waals surface area contributed by atoms with E-state index in [0.29, 0.717) is 24.0 Å². The molecule has 0 saturated heterocycles. The minimum absolute atomic E-state index is 0.0430. The Morgan fingerprint density at radius 3 is 2.77 bits per heavy atom. The van der Waals surface area contributed by atoms with Gasteiger partial charge in [0.2, 0.25) is 5.91 Å². The number of aryl methyl sites for hydroxylation is 1. The van der Waals surface area contributed by atoms with Gasteiger partial charge in [0.05, 0.1) is 17.2 Å². The maximum atomic E-state index is 11.5. The van der Waals surface area contributed by atoms with Gasteiger partial charge in [0.15, 0.2) is 0 Å². The summed E-state index contributed by atoms with van der Waals surface area (Å²) in [5.74, 6) is 0.366. The van der Waals surface area contributed by atoms with E-state index < -0.39 is 0 Å². The van der Waals surface area contributed by atoms with Gasteiger partial charge in [-0.15, -0.1) is 0 Å². The van der Waals surface area contributed by atoms with Crippen LogP contribution in [0.4, 0.5) is 5.82 Å². The van der Waals surface area contributed by atoms with E-state index in [-0.39, 0.29) is 23.9 Å². The second-order valence-electron chi connectivity index (χ2n) is 8.58. The Hall–Kier alpha value is -2.51. The number of carbonyl (C=O) groups is 1. The van der Waals surface area contributed by atoms with E-state index in [9.17, 15) is 9.90 Å². The van der Waals surface area contributed by atoms with Crippen LogP contribution in [-0.4, -0.2) is 46.6 Å². The number of amidine groups is 1. The highest BCUT2D eigenvalue weighted by molar-refractivity contribution is 6.10. The Morgan fingerprint density at radius 1 is 1.29 bits per heavy atom. The summed E-state index contributed by atoms with van der Waals surface area (Å²) in [4.78, 5) is 16.2. The Kier molecular flexibility index (Phi) is 7.98. The first-order valence-corrected chi connectivity index (χ1v) is 11.3. The average Bonchev–Trinajstić information content (AvgIpc) is 2.73. The van der Waals surface area contributed by atoms with Crippen molar-refractivity contribution in [3.05, 3.63) is 35.4 Å². The third kappa shape index (κ3) is 6.24. The summed E-state index contributed by atoms with van der Waals surface area (Å²) >= 11 is 0. The van der Waals surface area contributed by atoms with Crippen LogP contribution in [0.1, 0.15) is 63.5 Å². The van der Waals surface area contributed by atoms with Crippen LogP contribution >= 0.6 is 0 Å². The number of hydrogen-bond donors (Lipinski definition) is 5. The number of aromatic nitrogens is 1.